The summed E-state index contributed by atoms with van der Waals surface area (Å²) < 4.78 is 0. The zero-order valence-corrected chi connectivity index (χ0v) is 19.9. The van der Waals surface area contributed by atoms with Crippen molar-refractivity contribution in [1.82, 2.24) is 15.1 Å². The lowest BCUT2D eigenvalue weighted by molar-refractivity contribution is -0.140. The maximum absolute atomic E-state index is 13.3. The van der Waals surface area contributed by atoms with Crippen molar-refractivity contribution in [2.75, 3.05) is 20.6 Å². The average Bonchev–Trinajstić information content (AvgIpc) is 2.67. The van der Waals surface area contributed by atoms with E-state index in [2.05, 4.69) is 17.1 Å². The lowest BCUT2D eigenvalue weighted by Gasteiger charge is -2.38. The summed E-state index contributed by atoms with van der Waals surface area (Å²) in [5.41, 5.74) is 0.202. The molecule has 1 heterocycles. The molecular weight excluding hydrogens is 382 g/mol. The fraction of sp³-hybridized carbons (Fsp3) is 0.783. The Kier molecular flexibility index (Phi) is 10.0. The number of hydrogen-bond acceptors (Lipinski definition) is 4. The van der Waals surface area contributed by atoms with E-state index < -0.39 is 12.0 Å². The Bertz CT molecular complexity index is 644. The molecule has 4 atom stereocenters. The third-order valence-corrected chi connectivity index (χ3v) is 6.27. The van der Waals surface area contributed by atoms with Crippen LogP contribution in [0.25, 0.3) is 0 Å². The van der Waals surface area contributed by atoms with Crippen molar-refractivity contribution < 1.29 is 19.5 Å². The van der Waals surface area contributed by atoms with Crippen LogP contribution in [0.5, 0.6) is 0 Å². The Hall–Kier alpha value is -1.89. The van der Waals surface area contributed by atoms with E-state index in [1.165, 1.54) is 6.92 Å². The summed E-state index contributed by atoms with van der Waals surface area (Å²) >= 11 is 0. The molecule has 0 aromatic carbocycles. The number of carboxylic acids is 1. The van der Waals surface area contributed by atoms with Crippen molar-refractivity contribution in [2.24, 2.45) is 17.8 Å². The van der Waals surface area contributed by atoms with Gasteiger partial charge in [0, 0.05) is 19.2 Å². The van der Waals surface area contributed by atoms with Gasteiger partial charge >= 0.3 is 5.97 Å². The van der Waals surface area contributed by atoms with Crippen LogP contribution in [-0.2, 0) is 14.4 Å². The summed E-state index contributed by atoms with van der Waals surface area (Å²) in [4.78, 5) is 41.2. The summed E-state index contributed by atoms with van der Waals surface area (Å²) in [6, 6.07) is -1.24. The highest BCUT2D eigenvalue weighted by molar-refractivity contribution is 5.90. The van der Waals surface area contributed by atoms with E-state index in [9.17, 15) is 19.5 Å². The zero-order chi connectivity index (χ0) is 23.2. The molecule has 1 aliphatic heterocycles. The maximum atomic E-state index is 13.3. The van der Waals surface area contributed by atoms with Crippen molar-refractivity contribution in [3.8, 4) is 0 Å². The largest absolute Gasteiger partial charge is 0.478 e. The minimum Gasteiger partial charge on any atom is -0.478 e. The van der Waals surface area contributed by atoms with Crippen LogP contribution in [0.4, 0.5) is 0 Å². The summed E-state index contributed by atoms with van der Waals surface area (Å²) in [5.74, 6) is -0.738. The quantitative estimate of drug-likeness (QED) is 0.557. The minimum atomic E-state index is -0.999. The smallest absolute Gasteiger partial charge is 0.331 e. The maximum Gasteiger partial charge on any atom is 0.331 e. The second kappa shape index (κ2) is 11.5. The van der Waals surface area contributed by atoms with E-state index in [1.807, 2.05) is 34.7 Å². The standard InChI is InChI=1S/C23H41N3O4/c1-9-17-10-11-18(25(7)13-17)21(27)24-20(15(4)5)22(28)26(8)19(14(2)3)12-16(6)23(29)30/h12,14-15,17-20H,9-11,13H2,1-8H3,(H,24,27)(H,29,30)/t17-,18?,19-,20+/m1/s1. The van der Waals surface area contributed by atoms with Crippen molar-refractivity contribution in [3.63, 3.8) is 0 Å². The molecule has 1 saturated heterocycles. The summed E-state index contributed by atoms with van der Waals surface area (Å²) in [5, 5.41) is 12.2. The number of piperidine rings is 1. The fourth-order valence-electron chi connectivity index (χ4n) is 4.11. The molecule has 1 rings (SSSR count). The van der Waals surface area contributed by atoms with Crippen molar-refractivity contribution in [3.05, 3.63) is 11.6 Å². The van der Waals surface area contributed by atoms with E-state index in [0.29, 0.717) is 5.92 Å². The van der Waals surface area contributed by atoms with Gasteiger partial charge in [-0.15, -0.1) is 0 Å². The van der Waals surface area contributed by atoms with Gasteiger partial charge in [0.25, 0.3) is 0 Å². The molecule has 172 valence electrons. The van der Waals surface area contributed by atoms with E-state index in [4.69, 9.17) is 0 Å². The number of nitrogens with one attached hydrogen (secondary N) is 1. The predicted octanol–water partition coefficient (Wildman–Crippen LogP) is 2.76. The van der Waals surface area contributed by atoms with Crippen LogP contribution < -0.4 is 5.32 Å². The van der Waals surface area contributed by atoms with Gasteiger partial charge in [-0.1, -0.05) is 47.1 Å². The van der Waals surface area contributed by atoms with Crippen molar-refractivity contribution in [1.29, 1.82) is 0 Å². The Morgan fingerprint density at radius 1 is 1.17 bits per heavy atom. The first-order valence-corrected chi connectivity index (χ1v) is 11.1. The van der Waals surface area contributed by atoms with Crippen molar-refractivity contribution in [2.45, 2.75) is 78.9 Å². The van der Waals surface area contributed by atoms with Gasteiger partial charge in [0.05, 0.1) is 12.1 Å². The molecule has 1 fully saturated rings. The molecule has 0 spiro atoms. The number of rotatable bonds is 9. The molecule has 1 unspecified atom stereocenters. The number of likely N-dealkylation sites (tertiary alicyclic amines) is 1. The third kappa shape index (κ3) is 6.83. The molecule has 30 heavy (non-hydrogen) atoms. The molecular formula is C23H41N3O4. The van der Waals surface area contributed by atoms with E-state index in [0.717, 1.165) is 25.8 Å². The van der Waals surface area contributed by atoms with Crippen LogP contribution in [0.15, 0.2) is 11.6 Å². The molecule has 0 aromatic heterocycles. The monoisotopic (exact) mass is 423 g/mol. The number of amides is 2. The lowest BCUT2D eigenvalue weighted by atomic mass is 9.90. The molecule has 0 aliphatic carbocycles. The minimum absolute atomic E-state index is 0.0345. The first kappa shape index (κ1) is 26.1. The molecule has 0 saturated carbocycles. The van der Waals surface area contributed by atoms with Crippen LogP contribution in [0, 0.1) is 17.8 Å². The molecule has 0 aromatic rings. The highest BCUT2D eigenvalue weighted by atomic mass is 16.4. The molecule has 2 N–H and O–H groups in total. The average molecular weight is 424 g/mol. The van der Waals surface area contributed by atoms with Gasteiger partial charge in [-0.2, -0.15) is 0 Å². The van der Waals surface area contributed by atoms with E-state index >= 15 is 0 Å². The molecule has 2 amide bonds. The fourth-order valence-corrected chi connectivity index (χ4v) is 4.11. The van der Waals surface area contributed by atoms with Gasteiger partial charge in [-0.05, 0) is 44.6 Å². The number of carbonyl (C=O) groups excluding carboxylic acids is 2. The number of hydrogen-bond donors (Lipinski definition) is 2. The van der Waals surface area contributed by atoms with Gasteiger partial charge in [0.1, 0.15) is 6.04 Å². The van der Waals surface area contributed by atoms with Crippen LogP contribution in [0.3, 0.4) is 0 Å². The van der Waals surface area contributed by atoms with Gasteiger partial charge in [0.2, 0.25) is 11.8 Å². The Balaban J connectivity index is 2.97. The summed E-state index contributed by atoms with van der Waals surface area (Å²) in [7, 11) is 3.65. The Morgan fingerprint density at radius 3 is 2.20 bits per heavy atom. The zero-order valence-electron chi connectivity index (χ0n) is 19.9. The number of nitrogens with zero attached hydrogens (tertiary/aromatic N) is 2. The molecule has 1 aliphatic rings. The number of carbonyl (C=O) groups is 3. The van der Waals surface area contributed by atoms with Crippen LogP contribution in [0.1, 0.15) is 60.8 Å². The number of carboxylic acid groups (broad SMARTS) is 1. The summed E-state index contributed by atoms with van der Waals surface area (Å²) in [6.45, 7) is 12.3. The van der Waals surface area contributed by atoms with E-state index in [-0.39, 0.29) is 41.3 Å². The highest BCUT2D eigenvalue weighted by Crippen LogP contribution is 2.23. The van der Waals surface area contributed by atoms with Gasteiger partial charge in [-0.3, -0.25) is 14.5 Å². The van der Waals surface area contributed by atoms with Gasteiger partial charge < -0.3 is 15.3 Å². The molecule has 0 bridgehead atoms. The third-order valence-electron chi connectivity index (χ3n) is 6.27. The Morgan fingerprint density at radius 2 is 1.77 bits per heavy atom. The lowest BCUT2D eigenvalue weighted by Crippen LogP contribution is -2.58. The molecule has 7 nitrogen and oxygen atoms in total. The van der Waals surface area contributed by atoms with Crippen LogP contribution in [0.2, 0.25) is 0 Å². The highest BCUT2D eigenvalue weighted by Gasteiger charge is 2.35. The second-order valence-electron chi connectivity index (χ2n) is 9.38. The summed E-state index contributed by atoms with van der Waals surface area (Å²) in [6.07, 6.45) is 4.54. The van der Waals surface area contributed by atoms with Gasteiger partial charge in [-0.25, -0.2) is 4.79 Å². The normalized spacial score (nSPS) is 22.7. The van der Waals surface area contributed by atoms with E-state index in [1.54, 1.807) is 18.0 Å². The first-order valence-electron chi connectivity index (χ1n) is 11.1. The van der Waals surface area contributed by atoms with Crippen LogP contribution in [-0.4, -0.2) is 71.5 Å². The van der Waals surface area contributed by atoms with Crippen LogP contribution >= 0.6 is 0 Å². The Labute approximate surface area is 181 Å². The van der Waals surface area contributed by atoms with Crippen molar-refractivity contribution >= 4 is 17.8 Å². The topological polar surface area (TPSA) is 90.0 Å². The first-order chi connectivity index (χ1) is 13.9. The molecule has 7 heteroatoms. The second-order valence-corrected chi connectivity index (χ2v) is 9.38. The number of aliphatic carboxylic acids is 1. The number of likely N-dealkylation sites (N-methyl/N-ethyl adjacent to an activating group) is 2. The predicted molar refractivity (Wildman–Crippen MR) is 119 cm³/mol. The van der Waals surface area contributed by atoms with Gasteiger partial charge in [0.15, 0.2) is 0 Å². The molecule has 0 radical (unpaired) electrons. The SMILES string of the molecule is CC[C@@H]1CCC(C(=O)N[C@H](C(=O)N(C)[C@H](C=C(C)C(=O)O)C(C)C)C(C)C)N(C)C1.